The molecule has 2 aromatic carbocycles. The third-order valence-electron chi connectivity index (χ3n) is 5.08. The van der Waals surface area contributed by atoms with Gasteiger partial charge in [-0.05, 0) is 42.1 Å². The summed E-state index contributed by atoms with van der Waals surface area (Å²) in [6.07, 6.45) is 1.79. The van der Waals surface area contributed by atoms with Gasteiger partial charge in [-0.1, -0.05) is 12.1 Å². The van der Waals surface area contributed by atoms with Crippen molar-refractivity contribution in [1.82, 2.24) is 4.90 Å². The molecule has 0 unspecified atom stereocenters. The van der Waals surface area contributed by atoms with E-state index in [4.69, 9.17) is 9.47 Å². The van der Waals surface area contributed by atoms with E-state index >= 15 is 0 Å². The van der Waals surface area contributed by atoms with Gasteiger partial charge in [0.15, 0.2) is 5.17 Å². The number of piperazine rings is 1. The maximum Gasteiger partial charge on any atom is 0.286 e. The van der Waals surface area contributed by atoms with E-state index < -0.39 is 0 Å². The lowest BCUT2D eigenvalue weighted by Crippen LogP contribution is -2.48. The molecule has 2 aromatic rings. The van der Waals surface area contributed by atoms with E-state index in [1.807, 2.05) is 23.1 Å². The van der Waals surface area contributed by atoms with Crippen LogP contribution in [0, 0.1) is 5.82 Å². The highest BCUT2D eigenvalue weighted by atomic mass is 32.2. The van der Waals surface area contributed by atoms with E-state index in [0.717, 1.165) is 5.56 Å². The summed E-state index contributed by atoms with van der Waals surface area (Å²) in [5.41, 5.74) is 1.40. The second-order valence-electron chi connectivity index (χ2n) is 6.84. The highest BCUT2D eigenvalue weighted by molar-refractivity contribution is 8.18. The fourth-order valence-electron chi connectivity index (χ4n) is 3.46. The Morgan fingerprint density at radius 2 is 1.77 bits per heavy atom. The molecule has 6 nitrogen and oxygen atoms in total. The van der Waals surface area contributed by atoms with E-state index in [0.29, 0.717) is 53.4 Å². The first-order valence-corrected chi connectivity index (χ1v) is 10.4. The van der Waals surface area contributed by atoms with Crippen LogP contribution >= 0.6 is 11.8 Å². The first kappa shape index (κ1) is 20.3. The molecule has 0 aromatic heterocycles. The van der Waals surface area contributed by atoms with Crippen molar-refractivity contribution in [2.75, 3.05) is 45.3 Å². The number of aliphatic imine (C=N–C) groups is 1. The Balaban J connectivity index is 1.44. The van der Waals surface area contributed by atoms with Gasteiger partial charge in [0.05, 0.1) is 24.8 Å². The SMILES string of the molecule is COc1ccc(/C=C2\SC(N3CCN(c4ccccc4F)CC3)=NC2=O)c(OC)c1. The molecular formula is C22H22FN3O3S. The molecule has 2 heterocycles. The maximum atomic E-state index is 14.0. The number of thioether (sulfide) groups is 1. The van der Waals surface area contributed by atoms with Crippen molar-refractivity contribution in [3.63, 3.8) is 0 Å². The van der Waals surface area contributed by atoms with E-state index in [9.17, 15) is 9.18 Å². The summed E-state index contributed by atoms with van der Waals surface area (Å²) in [7, 11) is 3.17. The lowest BCUT2D eigenvalue weighted by atomic mass is 10.1. The average Bonchev–Trinajstić information content (AvgIpc) is 3.14. The minimum atomic E-state index is -0.260. The van der Waals surface area contributed by atoms with Crippen LogP contribution < -0.4 is 14.4 Å². The number of benzene rings is 2. The molecule has 0 aliphatic carbocycles. The van der Waals surface area contributed by atoms with E-state index in [2.05, 4.69) is 9.89 Å². The van der Waals surface area contributed by atoms with Crippen LogP contribution in [0.3, 0.4) is 0 Å². The van der Waals surface area contributed by atoms with Crippen LogP contribution in [0.2, 0.25) is 0 Å². The van der Waals surface area contributed by atoms with Crippen LogP contribution in [0.15, 0.2) is 52.4 Å². The normalized spacial score (nSPS) is 18.0. The van der Waals surface area contributed by atoms with Gasteiger partial charge in [-0.15, -0.1) is 0 Å². The summed E-state index contributed by atoms with van der Waals surface area (Å²) in [4.78, 5) is 21.3. The average molecular weight is 428 g/mol. The van der Waals surface area contributed by atoms with Crippen LogP contribution in [0.25, 0.3) is 6.08 Å². The van der Waals surface area contributed by atoms with Crippen LogP contribution in [-0.2, 0) is 4.79 Å². The van der Waals surface area contributed by atoms with Gasteiger partial charge in [0.1, 0.15) is 17.3 Å². The summed E-state index contributed by atoms with van der Waals surface area (Å²) in [6.45, 7) is 2.68. The Kier molecular flexibility index (Phi) is 5.94. The van der Waals surface area contributed by atoms with Gasteiger partial charge >= 0.3 is 0 Å². The molecule has 0 spiro atoms. The fraction of sp³-hybridized carbons (Fsp3) is 0.273. The van der Waals surface area contributed by atoms with Gasteiger partial charge in [-0.25, -0.2) is 4.39 Å². The van der Waals surface area contributed by atoms with Gasteiger partial charge in [0.2, 0.25) is 0 Å². The molecule has 1 amide bonds. The monoisotopic (exact) mass is 427 g/mol. The highest BCUT2D eigenvalue weighted by Gasteiger charge is 2.29. The second kappa shape index (κ2) is 8.79. The number of hydrogen-bond acceptors (Lipinski definition) is 6. The van der Waals surface area contributed by atoms with Crippen molar-refractivity contribution < 1.29 is 18.7 Å². The molecule has 156 valence electrons. The molecule has 0 radical (unpaired) electrons. The second-order valence-corrected chi connectivity index (χ2v) is 7.85. The van der Waals surface area contributed by atoms with Crippen LogP contribution in [-0.4, -0.2) is 56.4 Å². The predicted octanol–water partition coefficient (Wildman–Crippen LogP) is 3.64. The number of nitrogens with zero attached hydrogens (tertiary/aromatic N) is 3. The molecule has 2 aliphatic heterocycles. The van der Waals surface area contributed by atoms with Crippen LogP contribution in [0.1, 0.15) is 5.56 Å². The number of rotatable bonds is 4. The number of carbonyl (C=O) groups is 1. The molecule has 8 heteroatoms. The van der Waals surface area contributed by atoms with Gasteiger partial charge in [-0.2, -0.15) is 4.99 Å². The molecule has 0 saturated carbocycles. The number of hydrogen-bond donors (Lipinski definition) is 0. The van der Waals surface area contributed by atoms with Crippen LogP contribution in [0.5, 0.6) is 11.5 Å². The zero-order valence-electron chi connectivity index (χ0n) is 16.8. The third-order valence-corrected chi connectivity index (χ3v) is 6.12. The van der Waals surface area contributed by atoms with Crippen molar-refractivity contribution in [2.45, 2.75) is 0 Å². The minimum Gasteiger partial charge on any atom is -0.497 e. The summed E-state index contributed by atoms with van der Waals surface area (Å²) < 4.78 is 24.7. The van der Waals surface area contributed by atoms with E-state index in [1.165, 1.54) is 17.8 Å². The first-order chi connectivity index (χ1) is 14.6. The number of amidine groups is 1. The third kappa shape index (κ3) is 4.14. The van der Waals surface area contributed by atoms with E-state index in [1.54, 1.807) is 38.5 Å². The van der Waals surface area contributed by atoms with Gasteiger partial charge in [0.25, 0.3) is 5.91 Å². The summed E-state index contributed by atoms with van der Waals surface area (Å²) in [5, 5.41) is 0.687. The molecular weight excluding hydrogens is 405 g/mol. The Hall–Kier alpha value is -3.00. The molecule has 0 atom stereocenters. The molecule has 1 saturated heterocycles. The maximum absolute atomic E-state index is 14.0. The predicted molar refractivity (Wildman–Crippen MR) is 118 cm³/mol. The van der Waals surface area contributed by atoms with E-state index in [-0.39, 0.29) is 11.7 Å². The number of anilines is 1. The van der Waals surface area contributed by atoms with Crippen molar-refractivity contribution in [2.24, 2.45) is 4.99 Å². The number of halogens is 1. The molecule has 0 bridgehead atoms. The summed E-state index contributed by atoms with van der Waals surface area (Å²) >= 11 is 1.36. The molecule has 4 rings (SSSR count). The quantitative estimate of drug-likeness (QED) is 0.695. The zero-order valence-corrected chi connectivity index (χ0v) is 17.6. The zero-order chi connectivity index (χ0) is 21.1. The van der Waals surface area contributed by atoms with Crippen molar-refractivity contribution in [3.8, 4) is 11.5 Å². The van der Waals surface area contributed by atoms with Crippen molar-refractivity contribution >= 4 is 34.6 Å². The number of ether oxygens (including phenoxy) is 2. The number of methoxy groups -OCH3 is 2. The Labute approximate surface area is 179 Å². The Bertz CT molecular complexity index is 1020. The molecule has 2 aliphatic rings. The number of amides is 1. The topological polar surface area (TPSA) is 54.4 Å². The van der Waals surface area contributed by atoms with Crippen molar-refractivity contribution in [3.05, 3.63) is 58.8 Å². The summed E-state index contributed by atoms with van der Waals surface area (Å²) in [6, 6.07) is 12.2. The minimum absolute atomic E-state index is 0.215. The lowest BCUT2D eigenvalue weighted by molar-refractivity contribution is -0.113. The van der Waals surface area contributed by atoms with Gasteiger partial charge in [0, 0.05) is 37.8 Å². The molecule has 30 heavy (non-hydrogen) atoms. The molecule has 0 N–H and O–H groups in total. The Morgan fingerprint density at radius 3 is 2.47 bits per heavy atom. The number of para-hydroxylation sites is 1. The van der Waals surface area contributed by atoms with Crippen molar-refractivity contribution in [1.29, 1.82) is 0 Å². The molecule has 1 fully saturated rings. The van der Waals surface area contributed by atoms with Crippen LogP contribution in [0.4, 0.5) is 10.1 Å². The largest absolute Gasteiger partial charge is 0.497 e. The summed E-state index contributed by atoms with van der Waals surface area (Å²) in [5.74, 6) is 0.836. The van der Waals surface area contributed by atoms with Gasteiger partial charge < -0.3 is 19.3 Å². The first-order valence-electron chi connectivity index (χ1n) is 9.58. The Morgan fingerprint density at radius 1 is 1.03 bits per heavy atom. The smallest absolute Gasteiger partial charge is 0.286 e. The van der Waals surface area contributed by atoms with Gasteiger partial charge in [-0.3, -0.25) is 4.79 Å². The highest BCUT2D eigenvalue weighted by Crippen LogP contribution is 2.34. The number of carbonyl (C=O) groups excluding carboxylic acids is 1. The fourth-order valence-corrected chi connectivity index (χ4v) is 4.41. The standard InChI is InChI=1S/C22H22FN3O3S/c1-28-16-8-7-15(19(14-16)29-2)13-20-21(27)24-22(30-20)26-11-9-25(10-12-26)18-6-4-3-5-17(18)23/h3-8,13-14H,9-12H2,1-2H3/b20-13-. The lowest BCUT2D eigenvalue weighted by Gasteiger charge is -2.36.